The van der Waals surface area contributed by atoms with Crippen LogP contribution in [0.25, 0.3) is 0 Å². The molecule has 0 spiro atoms. The van der Waals surface area contributed by atoms with Crippen molar-refractivity contribution in [3.05, 3.63) is 35.9 Å². The summed E-state index contributed by atoms with van der Waals surface area (Å²) in [4.78, 5) is 29.7. The van der Waals surface area contributed by atoms with Crippen molar-refractivity contribution in [3.8, 4) is 0 Å². The van der Waals surface area contributed by atoms with E-state index < -0.39 is 5.60 Å². The Balaban J connectivity index is 2.13. The largest absolute Gasteiger partial charge is 0.444 e. The number of piperazine rings is 1. The van der Waals surface area contributed by atoms with E-state index in [4.69, 9.17) is 4.74 Å². The number of hydrogen-bond acceptors (Lipinski definition) is 4. The van der Waals surface area contributed by atoms with Gasteiger partial charge in [0.2, 0.25) is 5.91 Å². The van der Waals surface area contributed by atoms with Crippen LogP contribution in [-0.4, -0.2) is 66.2 Å². The molecule has 1 aromatic rings. The molecule has 2 amide bonds. The van der Waals surface area contributed by atoms with Gasteiger partial charge in [0.05, 0.1) is 12.1 Å². The summed E-state index contributed by atoms with van der Waals surface area (Å²) in [7, 11) is 1.83. The summed E-state index contributed by atoms with van der Waals surface area (Å²) in [6, 6.07) is 9.77. The smallest absolute Gasteiger partial charge is 0.410 e. The molecular weight excluding hydrogens is 366 g/mol. The molecule has 1 N–H and O–H groups in total. The molecule has 1 unspecified atom stereocenters. The molecule has 1 aliphatic rings. The number of amides is 2. The van der Waals surface area contributed by atoms with Gasteiger partial charge in [0.25, 0.3) is 0 Å². The standard InChI is InChI=1S/C23H37N3O3/c1-7-17(2)20-16-25(22(28)29-23(3,4)5)13-14-26(20)21(27)19(24-6)15-18-11-9-8-10-12-18/h8-12,17,19-20,24H,7,13-16H2,1-6H3/t17-,19+,20?/m1/s1. The van der Waals surface area contributed by atoms with E-state index in [1.165, 1.54) is 0 Å². The third-order valence-corrected chi connectivity index (χ3v) is 5.58. The second-order valence-corrected chi connectivity index (χ2v) is 8.94. The number of likely N-dealkylation sites (N-methyl/N-ethyl adjacent to an activating group) is 1. The van der Waals surface area contributed by atoms with E-state index in [9.17, 15) is 9.59 Å². The Hall–Kier alpha value is -2.08. The number of ether oxygens (including phenoxy) is 1. The van der Waals surface area contributed by atoms with Crippen molar-refractivity contribution >= 4 is 12.0 Å². The molecule has 29 heavy (non-hydrogen) atoms. The summed E-state index contributed by atoms with van der Waals surface area (Å²) in [5.41, 5.74) is 0.607. The number of nitrogens with zero attached hydrogens (tertiary/aromatic N) is 2. The summed E-state index contributed by atoms with van der Waals surface area (Å²) in [6.07, 6.45) is 1.29. The summed E-state index contributed by atoms with van der Waals surface area (Å²) >= 11 is 0. The normalized spacial score (nSPS) is 19.6. The molecule has 0 bridgehead atoms. The second kappa shape index (κ2) is 10.1. The van der Waals surface area contributed by atoms with E-state index in [-0.39, 0.29) is 24.1 Å². The predicted molar refractivity (Wildman–Crippen MR) is 116 cm³/mol. The Kier molecular flexibility index (Phi) is 8.08. The first kappa shape index (κ1) is 23.2. The van der Waals surface area contributed by atoms with E-state index in [2.05, 4.69) is 19.2 Å². The van der Waals surface area contributed by atoms with Crippen LogP contribution in [0.4, 0.5) is 4.79 Å². The summed E-state index contributed by atoms with van der Waals surface area (Å²) < 4.78 is 5.55. The molecular formula is C23H37N3O3. The van der Waals surface area contributed by atoms with Crippen LogP contribution >= 0.6 is 0 Å². The molecule has 1 fully saturated rings. The SMILES string of the molecule is CC[C@@H](C)C1CN(C(=O)OC(C)(C)C)CCN1C(=O)[C@H](Cc1ccccc1)NC. The number of nitrogens with one attached hydrogen (secondary N) is 1. The van der Waals surface area contributed by atoms with Gasteiger partial charge in [0.15, 0.2) is 0 Å². The summed E-state index contributed by atoms with van der Waals surface area (Å²) in [5.74, 6) is 0.393. The molecule has 0 aromatic heterocycles. The Morgan fingerprint density at radius 1 is 1.21 bits per heavy atom. The van der Waals surface area contributed by atoms with Crippen LogP contribution in [0.3, 0.4) is 0 Å². The van der Waals surface area contributed by atoms with Crippen LogP contribution in [0.2, 0.25) is 0 Å². The third-order valence-electron chi connectivity index (χ3n) is 5.58. The number of carbonyl (C=O) groups is 2. The molecule has 1 heterocycles. The number of benzene rings is 1. The Morgan fingerprint density at radius 3 is 2.41 bits per heavy atom. The molecule has 0 aliphatic carbocycles. The first-order valence-corrected chi connectivity index (χ1v) is 10.7. The monoisotopic (exact) mass is 403 g/mol. The highest BCUT2D eigenvalue weighted by Crippen LogP contribution is 2.23. The van der Waals surface area contributed by atoms with Gasteiger partial charge in [0.1, 0.15) is 5.60 Å². The molecule has 1 aliphatic heterocycles. The Labute approximate surface area is 175 Å². The van der Waals surface area contributed by atoms with Crippen LogP contribution in [0.5, 0.6) is 0 Å². The van der Waals surface area contributed by atoms with Gasteiger partial charge in [0, 0.05) is 19.6 Å². The average Bonchev–Trinajstić information content (AvgIpc) is 2.70. The fraction of sp³-hybridized carbons (Fsp3) is 0.652. The van der Waals surface area contributed by atoms with Crippen molar-refractivity contribution in [2.45, 2.75) is 65.1 Å². The van der Waals surface area contributed by atoms with E-state index in [0.717, 1.165) is 12.0 Å². The van der Waals surface area contributed by atoms with Gasteiger partial charge in [-0.25, -0.2) is 4.79 Å². The van der Waals surface area contributed by atoms with Gasteiger partial charge in [-0.05, 0) is 45.7 Å². The van der Waals surface area contributed by atoms with Gasteiger partial charge < -0.3 is 19.9 Å². The zero-order valence-electron chi connectivity index (χ0n) is 18.8. The molecule has 0 radical (unpaired) electrons. The maximum absolute atomic E-state index is 13.4. The first-order valence-electron chi connectivity index (χ1n) is 10.7. The lowest BCUT2D eigenvalue weighted by Crippen LogP contribution is -2.62. The van der Waals surface area contributed by atoms with Crippen LogP contribution in [0.1, 0.15) is 46.6 Å². The zero-order chi connectivity index (χ0) is 21.6. The van der Waals surface area contributed by atoms with Crippen LogP contribution < -0.4 is 5.32 Å². The molecule has 0 saturated carbocycles. The minimum atomic E-state index is -0.525. The van der Waals surface area contributed by atoms with Crippen LogP contribution in [-0.2, 0) is 16.0 Å². The lowest BCUT2D eigenvalue weighted by molar-refractivity contribution is -0.139. The fourth-order valence-electron chi connectivity index (χ4n) is 3.70. The molecule has 3 atom stereocenters. The second-order valence-electron chi connectivity index (χ2n) is 8.94. The first-order chi connectivity index (χ1) is 13.7. The quantitative estimate of drug-likeness (QED) is 0.792. The molecule has 2 rings (SSSR count). The molecule has 1 saturated heterocycles. The number of carbonyl (C=O) groups excluding carboxylic acids is 2. The van der Waals surface area contributed by atoms with E-state index in [1.807, 2.05) is 63.1 Å². The highest BCUT2D eigenvalue weighted by molar-refractivity contribution is 5.83. The highest BCUT2D eigenvalue weighted by atomic mass is 16.6. The van der Waals surface area contributed by atoms with Crippen molar-refractivity contribution < 1.29 is 14.3 Å². The fourth-order valence-corrected chi connectivity index (χ4v) is 3.70. The summed E-state index contributed by atoms with van der Waals surface area (Å²) in [6.45, 7) is 11.4. The predicted octanol–water partition coefficient (Wildman–Crippen LogP) is 3.31. The Bertz CT molecular complexity index is 672. The molecule has 6 heteroatoms. The lowest BCUT2D eigenvalue weighted by Gasteiger charge is -2.45. The number of hydrogen-bond donors (Lipinski definition) is 1. The highest BCUT2D eigenvalue weighted by Gasteiger charge is 2.38. The van der Waals surface area contributed by atoms with Crippen molar-refractivity contribution in [1.29, 1.82) is 0 Å². The van der Waals surface area contributed by atoms with Crippen LogP contribution in [0, 0.1) is 5.92 Å². The van der Waals surface area contributed by atoms with Gasteiger partial charge in [-0.2, -0.15) is 0 Å². The van der Waals surface area contributed by atoms with E-state index >= 15 is 0 Å². The average molecular weight is 404 g/mol. The molecule has 6 nitrogen and oxygen atoms in total. The third kappa shape index (κ3) is 6.46. The summed E-state index contributed by atoms with van der Waals surface area (Å²) in [5, 5.41) is 3.19. The van der Waals surface area contributed by atoms with E-state index in [1.54, 1.807) is 4.90 Å². The minimum absolute atomic E-state index is 0.0135. The van der Waals surface area contributed by atoms with Crippen molar-refractivity contribution in [2.24, 2.45) is 5.92 Å². The van der Waals surface area contributed by atoms with Gasteiger partial charge in [-0.3, -0.25) is 4.79 Å². The van der Waals surface area contributed by atoms with E-state index in [0.29, 0.717) is 32.0 Å². The Morgan fingerprint density at radius 2 is 1.86 bits per heavy atom. The lowest BCUT2D eigenvalue weighted by atomic mass is 9.94. The minimum Gasteiger partial charge on any atom is -0.444 e. The topological polar surface area (TPSA) is 61.9 Å². The zero-order valence-corrected chi connectivity index (χ0v) is 18.8. The number of rotatable bonds is 6. The van der Waals surface area contributed by atoms with Crippen molar-refractivity contribution in [2.75, 3.05) is 26.7 Å². The van der Waals surface area contributed by atoms with Gasteiger partial charge >= 0.3 is 6.09 Å². The molecule has 162 valence electrons. The van der Waals surface area contributed by atoms with Crippen molar-refractivity contribution in [1.82, 2.24) is 15.1 Å². The van der Waals surface area contributed by atoms with Gasteiger partial charge in [-0.15, -0.1) is 0 Å². The van der Waals surface area contributed by atoms with Crippen LogP contribution in [0.15, 0.2) is 30.3 Å². The molecule has 1 aromatic carbocycles. The van der Waals surface area contributed by atoms with Crippen molar-refractivity contribution in [3.63, 3.8) is 0 Å². The maximum atomic E-state index is 13.4. The maximum Gasteiger partial charge on any atom is 0.410 e. The van der Waals surface area contributed by atoms with Gasteiger partial charge in [-0.1, -0.05) is 50.6 Å².